The van der Waals surface area contributed by atoms with Crippen molar-refractivity contribution < 1.29 is 9.53 Å². The van der Waals surface area contributed by atoms with Gasteiger partial charge in [0.15, 0.2) is 0 Å². The number of aromatic nitrogens is 1. The van der Waals surface area contributed by atoms with Crippen LogP contribution in [0, 0.1) is 5.92 Å². The van der Waals surface area contributed by atoms with Crippen LogP contribution in [-0.4, -0.2) is 36.0 Å². The predicted molar refractivity (Wildman–Crippen MR) is 120 cm³/mol. The number of carbonyl (C=O) groups excluding carboxylic acids is 1. The van der Waals surface area contributed by atoms with Gasteiger partial charge in [-0.05, 0) is 66.6 Å². The van der Waals surface area contributed by atoms with Crippen LogP contribution in [0.4, 0.5) is 0 Å². The van der Waals surface area contributed by atoms with Crippen LogP contribution >= 0.6 is 11.3 Å². The first-order valence-electron chi connectivity index (χ1n) is 10.3. The van der Waals surface area contributed by atoms with Gasteiger partial charge in [-0.1, -0.05) is 24.3 Å². The number of hydrogen-bond donors (Lipinski definition) is 1. The van der Waals surface area contributed by atoms with Crippen molar-refractivity contribution in [3.8, 4) is 5.75 Å². The van der Waals surface area contributed by atoms with E-state index in [9.17, 15) is 4.79 Å². The average Bonchev–Trinajstić information content (AvgIpc) is 3.34. The van der Waals surface area contributed by atoms with Crippen LogP contribution in [0.5, 0.6) is 5.75 Å². The van der Waals surface area contributed by atoms with Crippen molar-refractivity contribution >= 4 is 17.2 Å². The molecule has 5 nitrogen and oxygen atoms in total. The molecule has 0 aliphatic carbocycles. The molecule has 6 heteroatoms. The van der Waals surface area contributed by atoms with Gasteiger partial charge in [0.2, 0.25) is 0 Å². The Kier molecular flexibility index (Phi) is 6.77. The van der Waals surface area contributed by atoms with Crippen LogP contribution in [0.15, 0.2) is 66.2 Å². The molecule has 0 radical (unpaired) electrons. The third-order valence-corrected chi connectivity index (χ3v) is 6.49. The number of ether oxygens (including phenoxy) is 1. The van der Waals surface area contributed by atoms with Gasteiger partial charge in [0.25, 0.3) is 5.91 Å². The van der Waals surface area contributed by atoms with Crippen molar-refractivity contribution in [3.05, 3.63) is 82.3 Å². The molecule has 1 N–H and O–H groups in total. The molecule has 0 bridgehead atoms. The number of thiophene rings is 1. The number of nitrogens with one attached hydrogen (secondary N) is 1. The summed E-state index contributed by atoms with van der Waals surface area (Å²) in [4.78, 5) is 20.6. The summed E-state index contributed by atoms with van der Waals surface area (Å²) in [5.74, 6) is 1.17. The molecule has 3 heterocycles. The van der Waals surface area contributed by atoms with Crippen molar-refractivity contribution in [2.45, 2.75) is 25.4 Å². The second-order valence-electron chi connectivity index (χ2n) is 7.67. The Balaban J connectivity index is 1.48. The zero-order chi connectivity index (χ0) is 20.8. The molecular weight excluding hydrogens is 394 g/mol. The Labute approximate surface area is 181 Å². The van der Waals surface area contributed by atoms with E-state index in [0.29, 0.717) is 5.92 Å². The number of piperidine rings is 1. The monoisotopic (exact) mass is 421 g/mol. The van der Waals surface area contributed by atoms with E-state index < -0.39 is 0 Å². The third kappa shape index (κ3) is 5.07. The lowest BCUT2D eigenvalue weighted by molar-refractivity contribution is 0.0879. The minimum Gasteiger partial charge on any atom is -0.497 e. The number of likely N-dealkylation sites (tertiary alicyclic amines) is 1. The van der Waals surface area contributed by atoms with Crippen LogP contribution in [-0.2, 0) is 6.54 Å². The highest BCUT2D eigenvalue weighted by Crippen LogP contribution is 2.30. The van der Waals surface area contributed by atoms with Crippen molar-refractivity contribution in [2.75, 3.05) is 20.2 Å². The Morgan fingerprint density at radius 2 is 2.10 bits per heavy atom. The lowest BCUT2D eigenvalue weighted by atomic mass is 9.88. The van der Waals surface area contributed by atoms with Crippen LogP contribution < -0.4 is 10.1 Å². The Morgan fingerprint density at radius 1 is 1.23 bits per heavy atom. The minimum atomic E-state index is -0.0977. The molecule has 2 atom stereocenters. The lowest BCUT2D eigenvalue weighted by Crippen LogP contribution is -2.42. The van der Waals surface area contributed by atoms with Gasteiger partial charge in [0.1, 0.15) is 5.75 Å². The van der Waals surface area contributed by atoms with E-state index in [0.717, 1.165) is 48.8 Å². The molecule has 3 aromatic rings. The van der Waals surface area contributed by atoms with Crippen LogP contribution in [0.3, 0.4) is 0 Å². The summed E-state index contributed by atoms with van der Waals surface area (Å²) in [5, 5.41) is 5.20. The highest BCUT2D eigenvalue weighted by atomic mass is 32.1. The Morgan fingerprint density at radius 3 is 2.80 bits per heavy atom. The van der Waals surface area contributed by atoms with E-state index in [4.69, 9.17) is 4.74 Å². The number of benzene rings is 1. The summed E-state index contributed by atoms with van der Waals surface area (Å²) in [6, 6.07) is 17.9. The molecule has 2 aromatic heterocycles. The first-order valence-corrected chi connectivity index (χ1v) is 11.2. The van der Waals surface area contributed by atoms with Gasteiger partial charge in [0.05, 0.1) is 23.7 Å². The molecule has 1 aliphatic heterocycles. The number of rotatable bonds is 7. The second-order valence-corrected chi connectivity index (χ2v) is 8.62. The van der Waals surface area contributed by atoms with Crippen molar-refractivity contribution in [3.63, 3.8) is 0 Å². The Bertz CT molecular complexity index is 929. The summed E-state index contributed by atoms with van der Waals surface area (Å²) < 4.78 is 5.26. The molecular formula is C24H27N3O2S. The van der Waals surface area contributed by atoms with E-state index in [2.05, 4.69) is 27.3 Å². The van der Waals surface area contributed by atoms with E-state index in [1.54, 1.807) is 13.3 Å². The van der Waals surface area contributed by atoms with E-state index in [1.807, 2.05) is 47.8 Å². The number of carbonyl (C=O) groups is 1. The maximum Gasteiger partial charge on any atom is 0.261 e. The van der Waals surface area contributed by atoms with E-state index in [1.165, 1.54) is 16.9 Å². The summed E-state index contributed by atoms with van der Waals surface area (Å²) in [6.45, 7) is 2.89. The van der Waals surface area contributed by atoms with Crippen molar-refractivity contribution in [2.24, 2.45) is 5.92 Å². The van der Waals surface area contributed by atoms with Crippen molar-refractivity contribution in [1.29, 1.82) is 0 Å². The number of amides is 1. The highest BCUT2D eigenvalue weighted by Gasteiger charge is 2.30. The lowest BCUT2D eigenvalue weighted by Gasteiger charge is -2.37. The molecule has 0 unspecified atom stereocenters. The van der Waals surface area contributed by atoms with Crippen molar-refractivity contribution in [1.82, 2.24) is 15.2 Å². The topological polar surface area (TPSA) is 54.5 Å². The van der Waals surface area contributed by atoms with Gasteiger partial charge in [-0.25, -0.2) is 0 Å². The molecule has 0 spiro atoms. The molecule has 30 heavy (non-hydrogen) atoms. The quantitative estimate of drug-likeness (QED) is 0.609. The summed E-state index contributed by atoms with van der Waals surface area (Å²) in [7, 11) is 1.69. The normalized spacial score (nSPS) is 18.0. The maximum atomic E-state index is 12.8. The molecule has 1 saturated heterocycles. The van der Waals surface area contributed by atoms with Gasteiger partial charge in [0, 0.05) is 19.3 Å². The molecule has 1 aliphatic rings. The third-order valence-electron chi connectivity index (χ3n) is 5.62. The summed E-state index contributed by atoms with van der Waals surface area (Å²) >= 11 is 1.47. The minimum absolute atomic E-state index is 0.0204. The number of nitrogens with zero attached hydrogens (tertiary/aromatic N) is 2. The molecule has 1 fully saturated rings. The number of hydrogen-bond acceptors (Lipinski definition) is 5. The molecule has 4 rings (SSSR count). The number of pyridine rings is 1. The van der Waals surface area contributed by atoms with Gasteiger partial charge < -0.3 is 10.1 Å². The van der Waals surface area contributed by atoms with Gasteiger partial charge in [-0.15, -0.1) is 11.3 Å². The zero-order valence-corrected chi connectivity index (χ0v) is 18.0. The zero-order valence-electron chi connectivity index (χ0n) is 17.2. The fourth-order valence-corrected chi connectivity index (χ4v) is 4.74. The fourth-order valence-electron chi connectivity index (χ4n) is 4.11. The van der Waals surface area contributed by atoms with Crippen LogP contribution in [0.2, 0.25) is 0 Å². The molecule has 0 saturated carbocycles. The van der Waals surface area contributed by atoms with Gasteiger partial charge >= 0.3 is 0 Å². The van der Waals surface area contributed by atoms with E-state index >= 15 is 0 Å². The molecule has 1 aromatic carbocycles. The predicted octanol–water partition coefficient (Wildman–Crippen LogP) is 4.54. The smallest absolute Gasteiger partial charge is 0.261 e. The van der Waals surface area contributed by atoms with E-state index in [-0.39, 0.29) is 11.9 Å². The summed E-state index contributed by atoms with van der Waals surface area (Å²) in [6.07, 6.45) is 3.99. The van der Waals surface area contributed by atoms with Crippen LogP contribution in [0.25, 0.3) is 0 Å². The first-order chi connectivity index (χ1) is 14.7. The first kappa shape index (κ1) is 20.6. The second kappa shape index (κ2) is 9.87. The highest BCUT2D eigenvalue weighted by molar-refractivity contribution is 7.12. The summed E-state index contributed by atoms with van der Waals surface area (Å²) in [5.41, 5.74) is 2.20. The number of methoxy groups -OCH3 is 1. The fraction of sp³-hybridized carbons (Fsp3) is 0.333. The maximum absolute atomic E-state index is 12.8. The van der Waals surface area contributed by atoms with Gasteiger partial charge in [-0.3, -0.25) is 14.7 Å². The Hall–Kier alpha value is -2.70. The molecule has 156 valence electrons. The average molecular weight is 422 g/mol. The standard InChI is InChI=1S/C24H27N3O2S/c1-29-20-11-9-18(10-12-20)16-27-14-4-6-19(17-27)23(21-7-2-3-13-25-21)26-24(28)22-8-5-15-30-22/h2-3,5,7-13,15,19,23H,4,6,14,16-17H2,1H3,(H,26,28)/t19-,23+/m0/s1. The van der Waals surface area contributed by atoms with Gasteiger partial charge in [-0.2, -0.15) is 0 Å². The van der Waals surface area contributed by atoms with Crippen LogP contribution in [0.1, 0.15) is 39.8 Å². The molecule has 1 amide bonds. The SMILES string of the molecule is COc1ccc(CN2CCC[C@H]([C@@H](NC(=O)c3cccs3)c3ccccn3)C2)cc1. The largest absolute Gasteiger partial charge is 0.497 e.